The number of amides is 1. The number of carbonyl (C=O) groups excluding carboxylic acids is 1. The lowest BCUT2D eigenvalue weighted by Crippen LogP contribution is -2.26. The second-order valence-corrected chi connectivity index (χ2v) is 4.86. The first-order chi connectivity index (χ1) is 8.66. The van der Waals surface area contributed by atoms with Crippen molar-refractivity contribution in [2.45, 2.75) is 12.8 Å². The van der Waals surface area contributed by atoms with Crippen molar-refractivity contribution in [2.75, 3.05) is 6.54 Å². The van der Waals surface area contributed by atoms with Crippen LogP contribution in [0, 0.1) is 0 Å². The number of H-pyrrole nitrogens is 1. The van der Waals surface area contributed by atoms with Crippen LogP contribution < -0.4 is 5.32 Å². The lowest BCUT2D eigenvalue weighted by molar-refractivity contribution is 0.0945. The van der Waals surface area contributed by atoms with Gasteiger partial charge in [0.1, 0.15) is 17.8 Å². The average Bonchev–Trinajstić information content (AvgIpc) is 2.94. The summed E-state index contributed by atoms with van der Waals surface area (Å²) in [6.07, 6.45) is 4.93. The Labute approximate surface area is 113 Å². The van der Waals surface area contributed by atoms with Gasteiger partial charge in [-0.1, -0.05) is 0 Å². The lowest BCUT2D eigenvalue weighted by Gasteiger charge is -2.05. The molecule has 2 heterocycles. The van der Waals surface area contributed by atoms with Crippen LogP contribution in [-0.4, -0.2) is 32.2 Å². The molecule has 0 aliphatic heterocycles. The maximum atomic E-state index is 11.9. The van der Waals surface area contributed by atoms with Crippen molar-refractivity contribution < 1.29 is 4.79 Å². The number of hydrogen-bond donors (Lipinski definition) is 2. The molecular weight excluding hydrogens is 298 g/mol. The maximum Gasteiger partial charge on any atom is 0.267 e. The van der Waals surface area contributed by atoms with Crippen molar-refractivity contribution in [1.29, 1.82) is 0 Å². The summed E-state index contributed by atoms with van der Waals surface area (Å²) in [6, 6.07) is 1.80. The van der Waals surface area contributed by atoms with Crippen LogP contribution in [0.1, 0.15) is 22.7 Å². The third-order valence-electron chi connectivity index (χ3n) is 2.55. The normalized spacial score (nSPS) is 10.6. The molecule has 0 spiro atoms. The molecule has 96 valence electrons. The number of nitrogens with one attached hydrogen (secondary N) is 2. The van der Waals surface area contributed by atoms with E-state index in [-0.39, 0.29) is 5.91 Å². The number of aryl methyl sites for hydroxylation is 2. The minimum absolute atomic E-state index is 0.0687. The van der Waals surface area contributed by atoms with Gasteiger partial charge in [-0.05, 0) is 28.4 Å². The molecule has 18 heavy (non-hydrogen) atoms. The van der Waals surface area contributed by atoms with Gasteiger partial charge in [0.05, 0.1) is 0 Å². The Morgan fingerprint density at radius 2 is 2.44 bits per heavy atom. The quantitative estimate of drug-likeness (QED) is 0.816. The summed E-state index contributed by atoms with van der Waals surface area (Å²) in [7, 11) is 1.84. The Bertz CT molecular complexity index is 520. The van der Waals surface area contributed by atoms with Gasteiger partial charge in [0.2, 0.25) is 0 Å². The van der Waals surface area contributed by atoms with Crippen LogP contribution in [-0.2, 0) is 13.5 Å². The van der Waals surface area contributed by atoms with E-state index in [2.05, 4.69) is 36.4 Å². The summed E-state index contributed by atoms with van der Waals surface area (Å²) in [5.74, 6) is 0.770. The van der Waals surface area contributed by atoms with E-state index < -0.39 is 0 Å². The number of halogens is 1. The highest BCUT2D eigenvalue weighted by Crippen LogP contribution is 2.13. The molecule has 0 bridgehead atoms. The topological polar surface area (TPSA) is 75.6 Å². The number of aromatic amines is 1. The molecule has 2 rings (SSSR count). The maximum absolute atomic E-state index is 11.9. The van der Waals surface area contributed by atoms with Crippen LogP contribution in [0.3, 0.4) is 0 Å². The Kier molecular flexibility index (Phi) is 4.14. The van der Waals surface area contributed by atoms with Crippen molar-refractivity contribution in [1.82, 2.24) is 25.1 Å². The molecule has 0 aliphatic carbocycles. The molecule has 6 nitrogen and oxygen atoms in total. The summed E-state index contributed by atoms with van der Waals surface area (Å²) < 4.78 is 2.69. The van der Waals surface area contributed by atoms with E-state index in [1.54, 1.807) is 10.6 Å². The molecule has 0 unspecified atom stereocenters. The van der Waals surface area contributed by atoms with Crippen LogP contribution in [0.2, 0.25) is 0 Å². The van der Waals surface area contributed by atoms with E-state index in [1.807, 2.05) is 13.2 Å². The molecule has 2 aromatic heterocycles. The standard InChI is InChI=1S/C11H14BrN5O/c1-17-6-8(12)5-9(17)11(18)13-4-2-3-10-14-7-15-16-10/h5-7H,2-4H2,1H3,(H,13,18)(H,14,15,16). The first-order valence-electron chi connectivity index (χ1n) is 5.61. The molecule has 2 N–H and O–H groups in total. The zero-order valence-corrected chi connectivity index (χ0v) is 11.6. The van der Waals surface area contributed by atoms with Gasteiger partial charge in [0, 0.05) is 30.7 Å². The molecule has 0 fully saturated rings. The molecule has 7 heteroatoms. The van der Waals surface area contributed by atoms with E-state index in [0.29, 0.717) is 12.2 Å². The van der Waals surface area contributed by atoms with Crippen molar-refractivity contribution in [3.63, 3.8) is 0 Å². The SMILES string of the molecule is Cn1cc(Br)cc1C(=O)NCCCc1ncn[nH]1. The molecular formula is C11H14BrN5O. The zero-order valence-electron chi connectivity index (χ0n) is 9.98. The predicted octanol–water partition coefficient (Wildman–Crippen LogP) is 1.27. The Morgan fingerprint density at radius 1 is 1.61 bits per heavy atom. The second-order valence-electron chi connectivity index (χ2n) is 3.95. The van der Waals surface area contributed by atoms with E-state index in [9.17, 15) is 4.79 Å². The molecule has 0 aromatic carbocycles. The Hall–Kier alpha value is -1.63. The third-order valence-corrected chi connectivity index (χ3v) is 2.98. The molecule has 1 amide bonds. The van der Waals surface area contributed by atoms with Crippen molar-refractivity contribution in [3.05, 3.63) is 34.6 Å². The predicted molar refractivity (Wildman–Crippen MR) is 70.1 cm³/mol. The zero-order chi connectivity index (χ0) is 13.0. The van der Waals surface area contributed by atoms with E-state index in [4.69, 9.17) is 0 Å². The second kappa shape index (κ2) is 5.81. The summed E-state index contributed by atoms with van der Waals surface area (Å²) in [6.45, 7) is 0.613. The fourth-order valence-corrected chi connectivity index (χ4v) is 2.17. The van der Waals surface area contributed by atoms with Gasteiger partial charge in [-0.2, -0.15) is 5.10 Å². The minimum Gasteiger partial charge on any atom is -0.351 e. The average molecular weight is 312 g/mol. The van der Waals surface area contributed by atoms with Crippen LogP contribution >= 0.6 is 15.9 Å². The number of nitrogens with zero attached hydrogens (tertiary/aromatic N) is 3. The molecule has 0 saturated heterocycles. The fourth-order valence-electron chi connectivity index (χ4n) is 1.65. The highest BCUT2D eigenvalue weighted by atomic mass is 79.9. The van der Waals surface area contributed by atoms with E-state index in [0.717, 1.165) is 23.1 Å². The van der Waals surface area contributed by atoms with Gasteiger partial charge in [0.15, 0.2) is 0 Å². The summed E-state index contributed by atoms with van der Waals surface area (Å²) >= 11 is 3.34. The van der Waals surface area contributed by atoms with Gasteiger partial charge in [-0.3, -0.25) is 9.89 Å². The first-order valence-corrected chi connectivity index (χ1v) is 6.40. The smallest absolute Gasteiger partial charge is 0.267 e. The molecule has 2 aromatic rings. The third kappa shape index (κ3) is 3.19. The highest BCUT2D eigenvalue weighted by molar-refractivity contribution is 9.10. The van der Waals surface area contributed by atoms with Gasteiger partial charge in [-0.15, -0.1) is 0 Å². The van der Waals surface area contributed by atoms with Crippen LogP contribution in [0.25, 0.3) is 0 Å². The van der Waals surface area contributed by atoms with Crippen LogP contribution in [0.15, 0.2) is 23.1 Å². The highest BCUT2D eigenvalue weighted by Gasteiger charge is 2.10. The van der Waals surface area contributed by atoms with Gasteiger partial charge >= 0.3 is 0 Å². The van der Waals surface area contributed by atoms with E-state index in [1.165, 1.54) is 6.33 Å². The van der Waals surface area contributed by atoms with E-state index >= 15 is 0 Å². The number of carbonyl (C=O) groups is 1. The largest absolute Gasteiger partial charge is 0.351 e. The van der Waals surface area contributed by atoms with Crippen molar-refractivity contribution in [3.8, 4) is 0 Å². The monoisotopic (exact) mass is 311 g/mol. The van der Waals surface area contributed by atoms with Crippen LogP contribution in [0.5, 0.6) is 0 Å². The lowest BCUT2D eigenvalue weighted by atomic mass is 10.3. The Balaban J connectivity index is 1.77. The molecule has 0 saturated carbocycles. The number of hydrogen-bond acceptors (Lipinski definition) is 3. The Morgan fingerprint density at radius 3 is 3.06 bits per heavy atom. The number of aromatic nitrogens is 4. The molecule has 0 radical (unpaired) electrons. The van der Waals surface area contributed by atoms with Gasteiger partial charge in [-0.25, -0.2) is 4.98 Å². The van der Waals surface area contributed by atoms with Gasteiger partial charge < -0.3 is 9.88 Å². The summed E-state index contributed by atoms with van der Waals surface area (Å²) in [4.78, 5) is 15.9. The molecule has 0 atom stereocenters. The first kappa shape index (κ1) is 12.8. The van der Waals surface area contributed by atoms with Crippen LogP contribution in [0.4, 0.5) is 0 Å². The summed E-state index contributed by atoms with van der Waals surface area (Å²) in [5.41, 5.74) is 0.640. The minimum atomic E-state index is -0.0687. The summed E-state index contributed by atoms with van der Waals surface area (Å²) in [5, 5.41) is 9.42. The number of rotatable bonds is 5. The van der Waals surface area contributed by atoms with Gasteiger partial charge in [0.25, 0.3) is 5.91 Å². The molecule has 0 aliphatic rings. The fraction of sp³-hybridized carbons (Fsp3) is 0.364. The van der Waals surface area contributed by atoms with Crippen molar-refractivity contribution >= 4 is 21.8 Å². The van der Waals surface area contributed by atoms with Crippen molar-refractivity contribution in [2.24, 2.45) is 7.05 Å².